The topological polar surface area (TPSA) is 51.8 Å². The summed E-state index contributed by atoms with van der Waals surface area (Å²) < 4.78 is 35.9. The summed E-state index contributed by atoms with van der Waals surface area (Å²) in [6.07, 6.45) is -3.24. The molecule has 3 nitrogen and oxygen atoms in total. The van der Waals surface area contributed by atoms with Gasteiger partial charge in [0.2, 0.25) is 0 Å². The molecule has 0 aliphatic rings. The highest BCUT2D eigenvalue weighted by Gasteiger charge is 2.33. The molecule has 0 aliphatic heterocycles. The van der Waals surface area contributed by atoms with E-state index in [2.05, 4.69) is 10.2 Å². The molecule has 6 heteroatoms. The van der Waals surface area contributed by atoms with Crippen molar-refractivity contribution in [2.45, 2.75) is 12.7 Å². The second-order valence-corrected chi connectivity index (χ2v) is 2.15. The van der Waals surface area contributed by atoms with E-state index in [-0.39, 0.29) is 6.54 Å². The Bertz CT molecular complexity index is 271. The van der Waals surface area contributed by atoms with Gasteiger partial charge in [-0.3, -0.25) is 0 Å². The fourth-order valence-electron chi connectivity index (χ4n) is 0.657. The average Bonchev–Trinajstić information content (AvgIpc) is 2.03. The third kappa shape index (κ3) is 1.91. The van der Waals surface area contributed by atoms with Crippen LogP contribution >= 0.6 is 0 Å². The first kappa shape index (κ1) is 8.92. The molecular weight excluding hydrogens is 171 g/mol. The Morgan fingerprint density at radius 1 is 1.42 bits per heavy atom. The van der Waals surface area contributed by atoms with Gasteiger partial charge >= 0.3 is 6.18 Å². The van der Waals surface area contributed by atoms with Crippen LogP contribution in [0.2, 0.25) is 0 Å². The fourth-order valence-corrected chi connectivity index (χ4v) is 0.657. The van der Waals surface area contributed by atoms with Crippen molar-refractivity contribution in [1.29, 1.82) is 0 Å². The van der Waals surface area contributed by atoms with Crippen LogP contribution in [0.1, 0.15) is 11.3 Å². The predicted molar refractivity (Wildman–Crippen MR) is 34.9 cm³/mol. The lowest BCUT2D eigenvalue weighted by Gasteiger charge is -2.04. The number of halogens is 3. The summed E-state index contributed by atoms with van der Waals surface area (Å²) in [4.78, 5) is 0. The third-order valence-electron chi connectivity index (χ3n) is 1.24. The Kier molecular flexibility index (Phi) is 2.27. The van der Waals surface area contributed by atoms with Crippen molar-refractivity contribution in [3.8, 4) is 0 Å². The number of nitrogens with zero attached hydrogens (tertiary/aromatic N) is 2. The Morgan fingerprint density at radius 2 is 2.08 bits per heavy atom. The standard InChI is InChI=1S/C6H6F3N3/c7-6(8,9)5-1-4(2-10)3-11-12-5/h1,3H,2,10H2. The van der Waals surface area contributed by atoms with Crippen molar-refractivity contribution in [1.82, 2.24) is 10.2 Å². The van der Waals surface area contributed by atoms with Crippen molar-refractivity contribution < 1.29 is 13.2 Å². The average molecular weight is 177 g/mol. The molecular formula is C6H6F3N3. The van der Waals surface area contributed by atoms with Gasteiger partial charge in [0.1, 0.15) is 0 Å². The molecule has 66 valence electrons. The van der Waals surface area contributed by atoms with Crippen LogP contribution in [0, 0.1) is 0 Å². The van der Waals surface area contributed by atoms with Gasteiger partial charge in [-0.1, -0.05) is 0 Å². The molecule has 1 heterocycles. The minimum atomic E-state index is -4.45. The fraction of sp³-hybridized carbons (Fsp3) is 0.333. The maximum Gasteiger partial charge on any atom is 0.435 e. The summed E-state index contributed by atoms with van der Waals surface area (Å²) in [5.41, 5.74) is 4.43. The monoisotopic (exact) mass is 177 g/mol. The molecule has 0 atom stereocenters. The van der Waals surface area contributed by atoms with E-state index >= 15 is 0 Å². The summed E-state index contributed by atoms with van der Waals surface area (Å²) in [6.45, 7) is 0.0264. The Labute approximate surface area is 66.4 Å². The van der Waals surface area contributed by atoms with Gasteiger partial charge < -0.3 is 5.73 Å². The lowest BCUT2D eigenvalue weighted by atomic mass is 10.2. The first-order valence-corrected chi connectivity index (χ1v) is 3.13. The van der Waals surface area contributed by atoms with Gasteiger partial charge in [-0.25, -0.2) is 0 Å². The molecule has 0 unspecified atom stereocenters. The number of aromatic nitrogens is 2. The van der Waals surface area contributed by atoms with Gasteiger partial charge in [-0.15, -0.1) is 5.10 Å². The number of alkyl halides is 3. The largest absolute Gasteiger partial charge is 0.435 e. The lowest BCUT2D eigenvalue weighted by molar-refractivity contribution is -0.141. The van der Waals surface area contributed by atoms with Crippen LogP contribution in [-0.2, 0) is 12.7 Å². The van der Waals surface area contributed by atoms with Crippen molar-refractivity contribution in [3.63, 3.8) is 0 Å². The molecule has 1 aromatic heterocycles. The van der Waals surface area contributed by atoms with Gasteiger partial charge in [-0.05, 0) is 11.6 Å². The summed E-state index contributed by atoms with van der Waals surface area (Å²) >= 11 is 0. The van der Waals surface area contributed by atoms with Crippen LogP contribution in [0.3, 0.4) is 0 Å². The van der Waals surface area contributed by atoms with Crippen molar-refractivity contribution >= 4 is 0 Å². The molecule has 0 saturated heterocycles. The first-order chi connectivity index (χ1) is 5.54. The van der Waals surface area contributed by atoms with Gasteiger partial charge in [0.15, 0.2) is 5.69 Å². The molecule has 2 N–H and O–H groups in total. The molecule has 0 saturated carbocycles. The summed E-state index contributed by atoms with van der Waals surface area (Å²) in [5, 5.41) is 6.10. The minimum absolute atomic E-state index is 0.0264. The van der Waals surface area contributed by atoms with Gasteiger partial charge in [-0.2, -0.15) is 18.3 Å². The van der Waals surface area contributed by atoms with E-state index in [9.17, 15) is 13.2 Å². The second kappa shape index (κ2) is 3.06. The number of rotatable bonds is 1. The third-order valence-corrected chi connectivity index (χ3v) is 1.24. The maximum atomic E-state index is 12.0. The summed E-state index contributed by atoms with van der Waals surface area (Å²) in [5.74, 6) is 0. The van der Waals surface area contributed by atoms with Crippen LogP contribution < -0.4 is 5.73 Å². The molecule has 12 heavy (non-hydrogen) atoms. The molecule has 0 aromatic carbocycles. The number of hydrogen-bond acceptors (Lipinski definition) is 3. The van der Waals surface area contributed by atoms with Crippen LogP contribution in [0.5, 0.6) is 0 Å². The normalized spacial score (nSPS) is 11.7. The highest BCUT2D eigenvalue weighted by molar-refractivity contribution is 5.14. The molecule has 0 radical (unpaired) electrons. The molecule has 0 aliphatic carbocycles. The van der Waals surface area contributed by atoms with Gasteiger partial charge in [0.05, 0.1) is 6.20 Å². The highest BCUT2D eigenvalue weighted by atomic mass is 19.4. The van der Waals surface area contributed by atoms with Gasteiger partial charge in [0.25, 0.3) is 0 Å². The zero-order chi connectivity index (χ0) is 9.19. The van der Waals surface area contributed by atoms with Crippen LogP contribution in [0.25, 0.3) is 0 Å². The Morgan fingerprint density at radius 3 is 2.58 bits per heavy atom. The zero-order valence-corrected chi connectivity index (χ0v) is 5.97. The van der Waals surface area contributed by atoms with E-state index in [4.69, 9.17) is 5.73 Å². The van der Waals surface area contributed by atoms with Crippen molar-refractivity contribution in [2.24, 2.45) is 5.73 Å². The predicted octanol–water partition coefficient (Wildman–Crippen LogP) is 0.954. The van der Waals surface area contributed by atoms with Crippen LogP contribution in [0.4, 0.5) is 13.2 Å². The quantitative estimate of drug-likeness (QED) is 0.694. The maximum absolute atomic E-state index is 12.0. The highest BCUT2D eigenvalue weighted by Crippen LogP contribution is 2.26. The number of hydrogen-bond donors (Lipinski definition) is 1. The molecule has 1 rings (SSSR count). The Balaban J connectivity index is 3.02. The smallest absolute Gasteiger partial charge is 0.326 e. The molecule has 0 fully saturated rings. The van der Waals surface area contributed by atoms with Crippen LogP contribution in [0.15, 0.2) is 12.3 Å². The van der Waals surface area contributed by atoms with Crippen LogP contribution in [-0.4, -0.2) is 10.2 Å². The SMILES string of the molecule is NCc1cnnc(C(F)(F)F)c1. The minimum Gasteiger partial charge on any atom is -0.326 e. The van der Waals surface area contributed by atoms with Gasteiger partial charge in [0, 0.05) is 6.54 Å². The van der Waals surface area contributed by atoms with E-state index in [1.165, 1.54) is 6.20 Å². The summed E-state index contributed by atoms with van der Waals surface area (Å²) in [6, 6.07) is 0.882. The van der Waals surface area contributed by atoms with E-state index in [0.29, 0.717) is 5.56 Å². The molecule has 0 amide bonds. The first-order valence-electron chi connectivity index (χ1n) is 3.13. The van der Waals surface area contributed by atoms with E-state index in [1.54, 1.807) is 0 Å². The number of nitrogens with two attached hydrogens (primary N) is 1. The molecule has 0 bridgehead atoms. The Hall–Kier alpha value is -1.17. The van der Waals surface area contributed by atoms with Crippen molar-refractivity contribution in [2.75, 3.05) is 0 Å². The van der Waals surface area contributed by atoms with E-state index < -0.39 is 11.9 Å². The summed E-state index contributed by atoms with van der Waals surface area (Å²) in [7, 11) is 0. The van der Waals surface area contributed by atoms with Crippen molar-refractivity contribution in [3.05, 3.63) is 23.5 Å². The zero-order valence-electron chi connectivity index (χ0n) is 5.97. The molecule has 0 spiro atoms. The lowest BCUT2D eigenvalue weighted by Crippen LogP contribution is -2.10. The van der Waals surface area contributed by atoms with E-state index in [1.807, 2.05) is 0 Å². The second-order valence-electron chi connectivity index (χ2n) is 2.15. The van der Waals surface area contributed by atoms with E-state index in [0.717, 1.165) is 6.07 Å². The molecule has 1 aromatic rings.